The third-order valence-electron chi connectivity index (χ3n) is 3.54. The van der Waals surface area contributed by atoms with Crippen LogP contribution in [-0.4, -0.2) is 11.9 Å². The van der Waals surface area contributed by atoms with E-state index >= 15 is 0 Å². The smallest absolute Gasteiger partial charge is 0.127 e. The van der Waals surface area contributed by atoms with Gasteiger partial charge in [0.15, 0.2) is 0 Å². The van der Waals surface area contributed by atoms with Crippen molar-refractivity contribution in [3.8, 4) is 0 Å². The fourth-order valence-corrected chi connectivity index (χ4v) is 2.57. The zero-order valence-corrected chi connectivity index (χ0v) is 13.2. The number of nitrogens with two attached hydrogens (primary N) is 1. The molecular formula is C16H18BrFN2. The number of nitrogens with zero attached hydrogens (tertiary/aromatic N) is 1. The van der Waals surface area contributed by atoms with E-state index < -0.39 is 0 Å². The second kappa shape index (κ2) is 6.37. The molecule has 1 unspecified atom stereocenters. The van der Waals surface area contributed by atoms with Crippen molar-refractivity contribution in [2.75, 3.05) is 12.8 Å². The molecule has 0 radical (unpaired) electrons. The molecule has 1 atom stereocenters. The van der Waals surface area contributed by atoms with Crippen molar-refractivity contribution in [3.05, 3.63) is 63.9 Å². The van der Waals surface area contributed by atoms with Crippen LogP contribution in [0.4, 0.5) is 10.1 Å². The summed E-state index contributed by atoms with van der Waals surface area (Å²) in [7, 11) is 1.98. The molecule has 0 saturated heterocycles. The molecule has 0 amide bonds. The van der Waals surface area contributed by atoms with Gasteiger partial charge in [-0.05, 0) is 47.6 Å². The topological polar surface area (TPSA) is 29.3 Å². The van der Waals surface area contributed by atoms with Gasteiger partial charge in [-0.15, -0.1) is 0 Å². The molecule has 2 nitrogen and oxygen atoms in total. The van der Waals surface area contributed by atoms with E-state index in [0.717, 1.165) is 15.7 Å². The number of benzene rings is 2. The van der Waals surface area contributed by atoms with Gasteiger partial charge in [-0.3, -0.25) is 4.90 Å². The average Bonchev–Trinajstić information content (AvgIpc) is 2.43. The van der Waals surface area contributed by atoms with Gasteiger partial charge in [0.05, 0.1) is 0 Å². The molecule has 20 heavy (non-hydrogen) atoms. The Labute approximate surface area is 127 Å². The van der Waals surface area contributed by atoms with E-state index in [9.17, 15) is 4.39 Å². The zero-order valence-electron chi connectivity index (χ0n) is 11.6. The third-order valence-corrected chi connectivity index (χ3v) is 4.51. The SMILES string of the molecule is CC(c1ccccc1F)N(C)Cc1cccc(N)c1Br. The van der Waals surface area contributed by atoms with Gasteiger partial charge in [0, 0.05) is 28.3 Å². The highest BCUT2D eigenvalue weighted by Crippen LogP contribution is 2.28. The van der Waals surface area contributed by atoms with Crippen LogP contribution in [0.5, 0.6) is 0 Å². The lowest BCUT2D eigenvalue weighted by Crippen LogP contribution is -2.23. The van der Waals surface area contributed by atoms with Crippen LogP contribution in [0.2, 0.25) is 0 Å². The van der Waals surface area contributed by atoms with Gasteiger partial charge in [-0.1, -0.05) is 30.3 Å². The van der Waals surface area contributed by atoms with Crippen LogP contribution in [0.1, 0.15) is 24.1 Å². The highest BCUT2D eigenvalue weighted by atomic mass is 79.9. The first-order chi connectivity index (χ1) is 9.50. The monoisotopic (exact) mass is 336 g/mol. The minimum Gasteiger partial charge on any atom is -0.398 e. The van der Waals surface area contributed by atoms with Gasteiger partial charge >= 0.3 is 0 Å². The Morgan fingerprint density at radius 2 is 1.90 bits per heavy atom. The molecule has 2 N–H and O–H groups in total. The summed E-state index contributed by atoms with van der Waals surface area (Å²) >= 11 is 3.50. The maximum absolute atomic E-state index is 13.8. The summed E-state index contributed by atoms with van der Waals surface area (Å²) in [4.78, 5) is 2.10. The van der Waals surface area contributed by atoms with Crippen molar-refractivity contribution in [2.24, 2.45) is 0 Å². The second-order valence-electron chi connectivity index (χ2n) is 4.93. The van der Waals surface area contributed by atoms with Crippen molar-refractivity contribution in [1.82, 2.24) is 4.90 Å². The number of halogens is 2. The Balaban J connectivity index is 2.18. The third kappa shape index (κ3) is 3.19. The summed E-state index contributed by atoms with van der Waals surface area (Å²) in [6.45, 7) is 2.69. The van der Waals surface area contributed by atoms with Gasteiger partial charge in [0.1, 0.15) is 5.82 Å². The second-order valence-corrected chi connectivity index (χ2v) is 5.73. The van der Waals surface area contributed by atoms with Crippen LogP contribution in [0, 0.1) is 5.82 Å². The Bertz CT molecular complexity index is 601. The summed E-state index contributed by atoms with van der Waals surface area (Å²) in [5.74, 6) is -0.168. The van der Waals surface area contributed by atoms with Gasteiger partial charge in [0.25, 0.3) is 0 Å². The average molecular weight is 337 g/mol. The molecule has 4 heteroatoms. The Morgan fingerprint density at radius 3 is 2.60 bits per heavy atom. The summed E-state index contributed by atoms with van der Waals surface area (Å²) in [5, 5.41) is 0. The molecular weight excluding hydrogens is 319 g/mol. The van der Waals surface area contributed by atoms with Gasteiger partial charge in [-0.25, -0.2) is 4.39 Å². The van der Waals surface area contributed by atoms with E-state index in [4.69, 9.17) is 5.73 Å². The first-order valence-electron chi connectivity index (χ1n) is 6.48. The van der Waals surface area contributed by atoms with Crippen LogP contribution in [-0.2, 0) is 6.54 Å². The quantitative estimate of drug-likeness (QED) is 0.840. The molecule has 0 heterocycles. The van der Waals surface area contributed by atoms with Crippen LogP contribution in [0.3, 0.4) is 0 Å². The molecule has 0 aliphatic heterocycles. The maximum Gasteiger partial charge on any atom is 0.127 e. The van der Waals surface area contributed by atoms with Gasteiger partial charge in [-0.2, -0.15) is 0 Å². The normalized spacial score (nSPS) is 12.7. The van der Waals surface area contributed by atoms with Gasteiger partial charge < -0.3 is 5.73 Å². The molecule has 0 spiro atoms. The number of hydrogen-bond acceptors (Lipinski definition) is 2. The minimum atomic E-state index is -0.168. The number of hydrogen-bond donors (Lipinski definition) is 1. The van der Waals surface area contributed by atoms with Crippen molar-refractivity contribution in [3.63, 3.8) is 0 Å². The van der Waals surface area contributed by atoms with Crippen LogP contribution in [0.25, 0.3) is 0 Å². The Hall–Kier alpha value is -1.39. The molecule has 0 aromatic heterocycles. The number of anilines is 1. The van der Waals surface area contributed by atoms with Gasteiger partial charge in [0.2, 0.25) is 0 Å². The molecule has 0 aliphatic rings. The Morgan fingerprint density at radius 1 is 1.20 bits per heavy atom. The summed E-state index contributed by atoms with van der Waals surface area (Å²) in [6.07, 6.45) is 0. The van der Waals surface area contributed by atoms with E-state index in [1.165, 1.54) is 6.07 Å². The van der Waals surface area contributed by atoms with E-state index in [1.54, 1.807) is 6.07 Å². The molecule has 2 aromatic rings. The minimum absolute atomic E-state index is 0.00969. The van der Waals surface area contributed by atoms with E-state index in [-0.39, 0.29) is 11.9 Å². The standard InChI is InChI=1S/C16H18BrFN2/c1-11(13-7-3-4-8-14(13)18)20(2)10-12-6-5-9-15(19)16(12)17/h3-9,11H,10,19H2,1-2H3. The fourth-order valence-electron chi connectivity index (χ4n) is 2.18. The zero-order chi connectivity index (χ0) is 14.7. The highest BCUT2D eigenvalue weighted by molar-refractivity contribution is 9.10. The largest absolute Gasteiger partial charge is 0.398 e. The maximum atomic E-state index is 13.8. The molecule has 0 aliphatic carbocycles. The molecule has 0 fully saturated rings. The summed E-state index contributed by atoms with van der Waals surface area (Å²) < 4.78 is 14.7. The lowest BCUT2D eigenvalue weighted by molar-refractivity contribution is 0.247. The molecule has 2 rings (SSSR count). The molecule has 2 aromatic carbocycles. The van der Waals surface area contributed by atoms with Crippen molar-refractivity contribution < 1.29 is 4.39 Å². The number of rotatable bonds is 4. The molecule has 0 bridgehead atoms. The molecule has 0 saturated carbocycles. The van der Waals surface area contributed by atoms with Crippen molar-refractivity contribution >= 4 is 21.6 Å². The van der Waals surface area contributed by atoms with Crippen molar-refractivity contribution in [1.29, 1.82) is 0 Å². The predicted octanol–water partition coefficient (Wildman–Crippen LogP) is 4.36. The van der Waals surface area contributed by atoms with E-state index in [2.05, 4.69) is 20.8 Å². The number of nitrogen functional groups attached to an aromatic ring is 1. The predicted molar refractivity (Wildman–Crippen MR) is 84.8 cm³/mol. The van der Waals surface area contributed by atoms with Crippen molar-refractivity contribution in [2.45, 2.75) is 19.5 Å². The van der Waals surface area contributed by atoms with Crippen LogP contribution in [0.15, 0.2) is 46.9 Å². The summed E-state index contributed by atoms with van der Waals surface area (Å²) in [6, 6.07) is 12.7. The molecule has 106 valence electrons. The lowest BCUT2D eigenvalue weighted by atomic mass is 10.1. The first kappa shape index (κ1) is 15.0. The van der Waals surface area contributed by atoms with E-state index in [0.29, 0.717) is 12.1 Å². The fraction of sp³-hybridized carbons (Fsp3) is 0.250. The van der Waals surface area contributed by atoms with Crippen LogP contribution >= 0.6 is 15.9 Å². The summed E-state index contributed by atoms with van der Waals surface area (Å²) in [5.41, 5.74) is 8.40. The van der Waals surface area contributed by atoms with Crippen LogP contribution < -0.4 is 5.73 Å². The first-order valence-corrected chi connectivity index (χ1v) is 7.27. The Kier molecular flexibility index (Phi) is 4.78. The highest BCUT2D eigenvalue weighted by Gasteiger charge is 2.16. The lowest BCUT2D eigenvalue weighted by Gasteiger charge is -2.26. The van der Waals surface area contributed by atoms with E-state index in [1.807, 2.05) is 44.3 Å².